The number of rotatable bonds is 6. The number of anilines is 1. The number of hydrogen-bond acceptors (Lipinski definition) is 3. The van der Waals surface area contributed by atoms with Gasteiger partial charge in [-0.2, -0.15) is 0 Å². The average molecular weight is 377 g/mol. The molecule has 0 aromatic heterocycles. The van der Waals surface area contributed by atoms with E-state index in [-0.39, 0.29) is 23.7 Å². The van der Waals surface area contributed by atoms with E-state index in [1.54, 1.807) is 19.2 Å². The first-order valence-electron chi connectivity index (χ1n) is 8.56. The van der Waals surface area contributed by atoms with Crippen LogP contribution >= 0.6 is 12.4 Å². The smallest absolute Gasteiger partial charge is 0.253 e. The Morgan fingerprint density at radius 3 is 2.31 bits per heavy atom. The molecule has 0 unspecified atom stereocenters. The highest BCUT2D eigenvalue weighted by molar-refractivity contribution is 5.95. The number of ether oxygens (including phenoxy) is 1. The molecule has 2 rings (SSSR count). The number of carbonyl (C=O) groups excluding carboxylic acids is 1. The fourth-order valence-electron chi connectivity index (χ4n) is 2.74. The molecule has 2 N–H and O–H groups in total. The van der Waals surface area contributed by atoms with E-state index in [0.717, 1.165) is 12.2 Å². The largest absolute Gasteiger partial charge is 0.497 e. The third-order valence-corrected chi connectivity index (χ3v) is 3.92. The van der Waals surface area contributed by atoms with Crippen LogP contribution < -0.4 is 10.5 Å². The van der Waals surface area contributed by atoms with Crippen LogP contribution in [0.5, 0.6) is 5.75 Å². The Labute approximate surface area is 162 Å². The van der Waals surface area contributed by atoms with E-state index in [1.807, 2.05) is 41.3 Å². The molecule has 1 amide bonds. The van der Waals surface area contributed by atoms with Crippen molar-refractivity contribution in [2.75, 3.05) is 25.9 Å². The number of methoxy groups -OCH3 is 1. The van der Waals surface area contributed by atoms with Crippen LogP contribution in [0.1, 0.15) is 36.7 Å². The minimum atomic E-state index is 0. The highest BCUT2D eigenvalue weighted by Crippen LogP contribution is 2.19. The number of hydrogen-bond donors (Lipinski definition) is 1. The van der Waals surface area contributed by atoms with Gasteiger partial charge in [-0.1, -0.05) is 39.0 Å². The molecule has 0 saturated heterocycles. The van der Waals surface area contributed by atoms with Gasteiger partial charge in [0.15, 0.2) is 0 Å². The molecule has 142 valence electrons. The maximum absolute atomic E-state index is 12.9. The van der Waals surface area contributed by atoms with Crippen molar-refractivity contribution in [2.24, 2.45) is 5.41 Å². The van der Waals surface area contributed by atoms with Crippen molar-refractivity contribution in [3.63, 3.8) is 0 Å². The lowest BCUT2D eigenvalue weighted by molar-refractivity contribution is 0.0698. The summed E-state index contributed by atoms with van der Waals surface area (Å²) in [6, 6.07) is 15.2. The number of nitrogens with two attached hydrogens (primary N) is 1. The summed E-state index contributed by atoms with van der Waals surface area (Å²) in [7, 11) is 1.66. The molecule has 26 heavy (non-hydrogen) atoms. The normalized spacial score (nSPS) is 10.8. The molecule has 0 radical (unpaired) electrons. The molecule has 2 aromatic rings. The Bertz CT molecular complexity index is 709. The third-order valence-electron chi connectivity index (χ3n) is 3.92. The second-order valence-corrected chi connectivity index (χ2v) is 7.51. The van der Waals surface area contributed by atoms with Gasteiger partial charge < -0.3 is 15.4 Å². The van der Waals surface area contributed by atoms with E-state index in [9.17, 15) is 4.79 Å². The van der Waals surface area contributed by atoms with Crippen molar-refractivity contribution in [1.29, 1.82) is 0 Å². The van der Waals surface area contributed by atoms with Crippen molar-refractivity contribution >= 4 is 24.0 Å². The Morgan fingerprint density at radius 1 is 1.12 bits per heavy atom. The molecule has 4 nitrogen and oxygen atoms in total. The van der Waals surface area contributed by atoms with Crippen LogP contribution in [0.3, 0.4) is 0 Å². The number of benzene rings is 2. The van der Waals surface area contributed by atoms with E-state index in [1.165, 1.54) is 5.56 Å². The maximum atomic E-state index is 12.9. The monoisotopic (exact) mass is 376 g/mol. The van der Waals surface area contributed by atoms with Crippen LogP contribution in [0.15, 0.2) is 48.5 Å². The van der Waals surface area contributed by atoms with E-state index in [2.05, 4.69) is 20.8 Å². The molecule has 0 saturated carbocycles. The minimum absolute atomic E-state index is 0. The molecule has 0 spiro atoms. The average Bonchev–Trinajstić information content (AvgIpc) is 2.57. The lowest BCUT2D eigenvalue weighted by atomic mass is 9.95. The first-order chi connectivity index (χ1) is 11.8. The second kappa shape index (κ2) is 9.48. The molecular formula is C21H29ClN2O2. The summed E-state index contributed by atoms with van der Waals surface area (Å²) in [5.74, 6) is 0.863. The second-order valence-electron chi connectivity index (χ2n) is 7.51. The number of amides is 1. The predicted octanol–water partition coefficient (Wildman–Crippen LogP) is 4.43. The van der Waals surface area contributed by atoms with Gasteiger partial charge in [-0.15, -0.1) is 12.4 Å². The molecule has 0 heterocycles. The molecule has 0 aliphatic carbocycles. The van der Waals surface area contributed by atoms with Gasteiger partial charge in [0.05, 0.1) is 7.11 Å². The molecule has 5 heteroatoms. The van der Waals surface area contributed by atoms with Gasteiger partial charge >= 0.3 is 0 Å². The zero-order valence-corrected chi connectivity index (χ0v) is 16.8. The van der Waals surface area contributed by atoms with E-state index in [0.29, 0.717) is 24.3 Å². The van der Waals surface area contributed by atoms with Gasteiger partial charge in [0, 0.05) is 24.3 Å². The first kappa shape index (κ1) is 21.8. The summed E-state index contributed by atoms with van der Waals surface area (Å²) in [5, 5.41) is 0. The summed E-state index contributed by atoms with van der Waals surface area (Å²) < 4.78 is 5.19. The molecule has 0 aliphatic rings. The Hall–Kier alpha value is -2.20. The molecule has 0 fully saturated rings. The Morgan fingerprint density at radius 2 is 1.77 bits per heavy atom. The van der Waals surface area contributed by atoms with Crippen LogP contribution in [-0.4, -0.2) is 31.0 Å². The molecule has 0 aliphatic heterocycles. The lowest BCUT2D eigenvalue weighted by Gasteiger charge is -2.30. The van der Waals surface area contributed by atoms with Gasteiger partial charge in [-0.05, 0) is 47.7 Å². The van der Waals surface area contributed by atoms with Gasteiger partial charge in [0.1, 0.15) is 5.75 Å². The number of nitrogen functional groups attached to an aromatic ring is 1. The van der Waals surface area contributed by atoms with Gasteiger partial charge in [0.2, 0.25) is 0 Å². The Kier molecular flexibility index (Phi) is 7.97. The topological polar surface area (TPSA) is 55.6 Å². The van der Waals surface area contributed by atoms with Crippen molar-refractivity contribution in [3.8, 4) is 5.75 Å². The van der Waals surface area contributed by atoms with Crippen molar-refractivity contribution in [3.05, 3.63) is 59.7 Å². The van der Waals surface area contributed by atoms with E-state index in [4.69, 9.17) is 10.5 Å². The van der Waals surface area contributed by atoms with E-state index < -0.39 is 0 Å². The zero-order chi connectivity index (χ0) is 18.4. The standard InChI is InChI=1S/C21H28N2O2.ClH/c1-21(2,3)15-23(20(24)17-6-5-7-18(22)14-17)13-12-16-8-10-19(25-4)11-9-16;/h5-11,14H,12-13,15,22H2,1-4H3;1H. The number of halogens is 1. The van der Waals surface area contributed by atoms with Crippen molar-refractivity contribution in [2.45, 2.75) is 27.2 Å². The summed E-state index contributed by atoms with van der Waals surface area (Å²) in [4.78, 5) is 14.9. The number of nitrogens with zero attached hydrogens (tertiary/aromatic N) is 1. The molecule has 2 aromatic carbocycles. The minimum Gasteiger partial charge on any atom is -0.497 e. The summed E-state index contributed by atoms with van der Waals surface area (Å²) in [6.45, 7) is 7.77. The fraction of sp³-hybridized carbons (Fsp3) is 0.381. The van der Waals surface area contributed by atoms with Gasteiger partial charge in [0.25, 0.3) is 5.91 Å². The third kappa shape index (κ3) is 6.60. The van der Waals surface area contributed by atoms with Gasteiger partial charge in [-0.3, -0.25) is 4.79 Å². The van der Waals surface area contributed by atoms with Crippen LogP contribution in [0, 0.1) is 5.41 Å². The lowest BCUT2D eigenvalue weighted by Crippen LogP contribution is -2.39. The fourth-order valence-corrected chi connectivity index (χ4v) is 2.74. The highest BCUT2D eigenvalue weighted by atomic mass is 35.5. The van der Waals surface area contributed by atoms with Crippen LogP contribution in [0.4, 0.5) is 5.69 Å². The molecule has 0 bridgehead atoms. The quantitative estimate of drug-likeness (QED) is 0.758. The Balaban J connectivity index is 0.00000338. The van der Waals surface area contributed by atoms with Gasteiger partial charge in [-0.25, -0.2) is 0 Å². The maximum Gasteiger partial charge on any atom is 0.253 e. The predicted molar refractivity (Wildman–Crippen MR) is 110 cm³/mol. The van der Waals surface area contributed by atoms with E-state index >= 15 is 0 Å². The molecular weight excluding hydrogens is 348 g/mol. The first-order valence-corrected chi connectivity index (χ1v) is 8.56. The van der Waals surface area contributed by atoms with Crippen LogP contribution in [-0.2, 0) is 6.42 Å². The van der Waals surface area contributed by atoms with Crippen molar-refractivity contribution in [1.82, 2.24) is 4.90 Å². The summed E-state index contributed by atoms with van der Waals surface area (Å²) in [6.07, 6.45) is 0.800. The summed E-state index contributed by atoms with van der Waals surface area (Å²) in [5.41, 5.74) is 8.28. The number of carbonyl (C=O) groups is 1. The zero-order valence-electron chi connectivity index (χ0n) is 16.0. The van der Waals surface area contributed by atoms with Crippen LogP contribution in [0.25, 0.3) is 0 Å². The van der Waals surface area contributed by atoms with Crippen molar-refractivity contribution < 1.29 is 9.53 Å². The highest BCUT2D eigenvalue weighted by Gasteiger charge is 2.22. The molecule has 0 atom stereocenters. The SMILES string of the molecule is COc1ccc(CCN(CC(C)(C)C)C(=O)c2cccc(N)c2)cc1.Cl. The summed E-state index contributed by atoms with van der Waals surface area (Å²) >= 11 is 0. The van der Waals surface area contributed by atoms with Crippen LogP contribution in [0.2, 0.25) is 0 Å².